The molecule has 5 nitrogen and oxygen atoms in total. The lowest BCUT2D eigenvalue weighted by Crippen LogP contribution is -2.33. The van der Waals surface area contributed by atoms with Crippen LogP contribution in [0, 0.1) is 0 Å². The van der Waals surface area contributed by atoms with Gasteiger partial charge >= 0.3 is 0 Å². The molecule has 1 aliphatic rings. The zero-order valence-electron chi connectivity index (χ0n) is 11.5. The maximum absolute atomic E-state index is 11.7. The van der Waals surface area contributed by atoms with E-state index in [1.165, 1.54) is 0 Å². The van der Waals surface area contributed by atoms with Crippen LogP contribution >= 0.6 is 23.2 Å². The molecule has 0 saturated carbocycles. The number of rotatable bonds is 4. The number of hydrogen-bond acceptors (Lipinski definition) is 5. The Kier molecular flexibility index (Phi) is 5.88. The van der Waals surface area contributed by atoms with Gasteiger partial charge in [0.25, 0.3) is 10.1 Å². The molecule has 0 radical (unpaired) electrons. The highest BCUT2D eigenvalue weighted by molar-refractivity contribution is 7.86. The molecule has 21 heavy (non-hydrogen) atoms. The molecular formula is C13H17Cl2NO4S. The maximum atomic E-state index is 11.7. The van der Waals surface area contributed by atoms with Crippen LogP contribution in [0.1, 0.15) is 11.5 Å². The van der Waals surface area contributed by atoms with E-state index in [2.05, 4.69) is 9.50 Å². The van der Waals surface area contributed by atoms with Crippen LogP contribution in [0.15, 0.2) is 18.2 Å². The second-order valence-corrected chi connectivity index (χ2v) is 7.38. The molecule has 0 unspecified atom stereocenters. The Morgan fingerprint density at radius 1 is 1.38 bits per heavy atom. The summed E-state index contributed by atoms with van der Waals surface area (Å²) in [4.78, 5) is 0. The second kappa shape index (κ2) is 7.26. The molecule has 1 aromatic rings. The predicted octanol–water partition coefficient (Wildman–Crippen LogP) is 2.04. The molecule has 1 N–H and O–H groups in total. The van der Waals surface area contributed by atoms with Crippen LogP contribution in [0.5, 0.6) is 0 Å². The first kappa shape index (κ1) is 17.0. The van der Waals surface area contributed by atoms with Crippen LogP contribution < -0.4 is 5.32 Å². The summed E-state index contributed by atoms with van der Waals surface area (Å²) in [7, 11) is -2.46. The van der Waals surface area contributed by atoms with E-state index >= 15 is 0 Å². The summed E-state index contributed by atoms with van der Waals surface area (Å²) >= 11 is 12.0. The molecular weight excluding hydrogens is 337 g/mol. The zero-order chi connectivity index (χ0) is 15.5. The average Bonchev–Trinajstić information content (AvgIpc) is 2.67. The Morgan fingerprint density at radius 3 is 2.81 bits per heavy atom. The van der Waals surface area contributed by atoms with Crippen LogP contribution in [-0.2, 0) is 19.0 Å². The van der Waals surface area contributed by atoms with Crippen molar-refractivity contribution in [2.24, 2.45) is 0 Å². The minimum absolute atomic E-state index is 0.146. The minimum Gasteiger partial charge on any atom is -0.375 e. The van der Waals surface area contributed by atoms with E-state index in [9.17, 15) is 8.42 Å². The van der Waals surface area contributed by atoms with Crippen molar-refractivity contribution in [2.75, 3.05) is 32.6 Å². The van der Waals surface area contributed by atoms with E-state index < -0.39 is 16.2 Å². The molecule has 0 amide bonds. The molecule has 1 fully saturated rings. The van der Waals surface area contributed by atoms with Gasteiger partial charge in [-0.3, -0.25) is 4.18 Å². The first-order valence-electron chi connectivity index (χ1n) is 6.48. The Bertz CT molecular complexity index is 594. The molecule has 1 aromatic carbocycles. The van der Waals surface area contributed by atoms with Crippen LogP contribution in [0.2, 0.25) is 10.0 Å². The SMILES string of the molecule is COS(=O)(=O)C[C@@H]1OCCNC[C@H]1c1ccc(Cl)c(Cl)c1. The lowest BCUT2D eigenvalue weighted by atomic mass is 9.94. The Balaban J connectivity index is 2.28. The molecule has 118 valence electrons. The standard InChI is InChI=1S/C13H17Cl2NO4S/c1-19-21(17,18)8-13-10(7-16-4-5-20-13)9-2-3-11(14)12(15)6-9/h2-3,6,10,13,16H,4-5,7-8H2,1H3/t10-,13-/m0/s1. The predicted molar refractivity (Wildman–Crippen MR) is 82.6 cm³/mol. The van der Waals surface area contributed by atoms with Crippen LogP contribution in [0.4, 0.5) is 0 Å². The Morgan fingerprint density at radius 2 is 2.14 bits per heavy atom. The third kappa shape index (κ3) is 4.55. The Labute approximate surface area is 134 Å². The highest BCUT2D eigenvalue weighted by Gasteiger charge is 2.31. The van der Waals surface area contributed by atoms with Gasteiger partial charge in [0.1, 0.15) is 5.75 Å². The molecule has 0 aliphatic carbocycles. The van der Waals surface area contributed by atoms with Crippen molar-refractivity contribution in [2.45, 2.75) is 12.0 Å². The third-order valence-corrected chi connectivity index (χ3v) is 5.40. The van der Waals surface area contributed by atoms with Gasteiger partial charge in [-0.25, -0.2) is 0 Å². The molecule has 2 rings (SSSR count). The summed E-state index contributed by atoms with van der Waals surface area (Å²) in [6, 6.07) is 5.28. The molecule has 8 heteroatoms. The summed E-state index contributed by atoms with van der Waals surface area (Å²) in [5, 5.41) is 4.13. The molecule has 1 saturated heterocycles. The average molecular weight is 354 g/mol. The summed E-state index contributed by atoms with van der Waals surface area (Å²) in [6.45, 7) is 1.71. The maximum Gasteiger partial charge on any atom is 0.269 e. The molecule has 1 aliphatic heterocycles. The smallest absolute Gasteiger partial charge is 0.269 e. The van der Waals surface area contributed by atoms with Gasteiger partial charge in [-0.15, -0.1) is 0 Å². The van der Waals surface area contributed by atoms with Crippen molar-refractivity contribution >= 4 is 33.3 Å². The highest BCUT2D eigenvalue weighted by Crippen LogP contribution is 2.30. The van der Waals surface area contributed by atoms with Crippen molar-refractivity contribution in [1.82, 2.24) is 5.32 Å². The molecule has 2 atom stereocenters. The fourth-order valence-corrected chi connectivity index (χ4v) is 3.47. The van der Waals surface area contributed by atoms with E-state index in [4.69, 9.17) is 27.9 Å². The number of benzene rings is 1. The summed E-state index contributed by atoms with van der Waals surface area (Å²) in [5.41, 5.74) is 0.884. The number of nitrogens with one attached hydrogen (secondary N) is 1. The quantitative estimate of drug-likeness (QED) is 0.839. The summed E-state index contributed by atoms with van der Waals surface area (Å²) in [5.74, 6) is -0.344. The van der Waals surface area contributed by atoms with Crippen LogP contribution in [0.3, 0.4) is 0 Å². The topological polar surface area (TPSA) is 64.6 Å². The Hall–Kier alpha value is -0.370. The van der Waals surface area contributed by atoms with Gasteiger partial charge in [0, 0.05) is 19.0 Å². The van der Waals surface area contributed by atoms with Crippen molar-refractivity contribution in [3.8, 4) is 0 Å². The van der Waals surface area contributed by atoms with E-state index in [0.29, 0.717) is 29.7 Å². The van der Waals surface area contributed by atoms with Crippen molar-refractivity contribution in [3.05, 3.63) is 33.8 Å². The van der Waals surface area contributed by atoms with Crippen LogP contribution in [-0.4, -0.2) is 47.1 Å². The van der Waals surface area contributed by atoms with Gasteiger partial charge in [0.05, 0.1) is 29.9 Å². The molecule has 0 aromatic heterocycles. The van der Waals surface area contributed by atoms with Gasteiger partial charge in [-0.2, -0.15) is 8.42 Å². The van der Waals surface area contributed by atoms with E-state index in [-0.39, 0.29) is 11.7 Å². The largest absolute Gasteiger partial charge is 0.375 e. The van der Waals surface area contributed by atoms with Crippen molar-refractivity contribution < 1.29 is 17.3 Å². The van der Waals surface area contributed by atoms with Crippen molar-refractivity contribution in [1.29, 1.82) is 0 Å². The summed E-state index contributed by atoms with van der Waals surface area (Å²) < 4.78 is 33.6. The highest BCUT2D eigenvalue weighted by atomic mass is 35.5. The first-order valence-corrected chi connectivity index (χ1v) is 8.82. The zero-order valence-corrected chi connectivity index (χ0v) is 13.8. The van der Waals surface area contributed by atoms with Crippen LogP contribution in [0.25, 0.3) is 0 Å². The number of hydrogen-bond donors (Lipinski definition) is 1. The monoisotopic (exact) mass is 353 g/mol. The second-order valence-electron chi connectivity index (χ2n) is 4.78. The van der Waals surface area contributed by atoms with E-state index in [1.807, 2.05) is 6.07 Å². The fraction of sp³-hybridized carbons (Fsp3) is 0.538. The third-order valence-electron chi connectivity index (χ3n) is 3.42. The van der Waals surface area contributed by atoms with Gasteiger partial charge in [0.2, 0.25) is 0 Å². The molecule has 0 bridgehead atoms. The minimum atomic E-state index is -3.61. The molecule has 0 spiro atoms. The van der Waals surface area contributed by atoms with Gasteiger partial charge in [-0.1, -0.05) is 29.3 Å². The summed E-state index contributed by atoms with van der Waals surface area (Å²) in [6.07, 6.45) is -0.498. The fourth-order valence-electron chi connectivity index (χ4n) is 2.30. The van der Waals surface area contributed by atoms with E-state index in [0.717, 1.165) is 12.7 Å². The van der Waals surface area contributed by atoms with E-state index in [1.54, 1.807) is 12.1 Å². The van der Waals surface area contributed by atoms with Gasteiger partial charge in [0.15, 0.2) is 0 Å². The van der Waals surface area contributed by atoms with Gasteiger partial charge in [-0.05, 0) is 17.7 Å². The number of halogens is 2. The lowest BCUT2D eigenvalue weighted by molar-refractivity contribution is 0.0666. The molecule has 1 heterocycles. The number of ether oxygens (including phenoxy) is 1. The van der Waals surface area contributed by atoms with Crippen molar-refractivity contribution in [3.63, 3.8) is 0 Å². The van der Waals surface area contributed by atoms with Gasteiger partial charge < -0.3 is 10.1 Å². The normalized spacial score (nSPS) is 23.8. The lowest BCUT2D eigenvalue weighted by Gasteiger charge is -2.24. The first-order chi connectivity index (χ1) is 9.93.